The molecule has 0 spiro atoms. The van der Waals surface area contributed by atoms with Gasteiger partial charge in [0.15, 0.2) is 5.78 Å². The van der Waals surface area contributed by atoms with Crippen LogP contribution in [-0.2, 0) is 0 Å². The zero-order chi connectivity index (χ0) is 10.7. The summed E-state index contributed by atoms with van der Waals surface area (Å²) in [6.07, 6.45) is 0. The summed E-state index contributed by atoms with van der Waals surface area (Å²) >= 11 is 8.84. The highest BCUT2D eigenvalue weighted by Crippen LogP contribution is 2.25. The van der Waals surface area contributed by atoms with Gasteiger partial charge >= 0.3 is 0 Å². The maximum Gasteiger partial charge on any atom is 0.176 e. The van der Waals surface area contributed by atoms with E-state index in [4.69, 9.17) is 22.6 Å². The van der Waals surface area contributed by atoms with Gasteiger partial charge in [-0.05, 0) is 12.1 Å². The second kappa shape index (κ2) is 4.45. The molecule has 0 aliphatic heterocycles. The van der Waals surface area contributed by atoms with Crippen LogP contribution in [0.15, 0.2) is 12.1 Å². The van der Waals surface area contributed by atoms with Crippen LogP contribution in [-0.4, -0.2) is 11.1 Å². The number of hydrogen-bond acceptors (Lipinski definition) is 3. The number of nitriles is 1. The Morgan fingerprint density at radius 3 is 2.71 bits per heavy atom. The van der Waals surface area contributed by atoms with Crippen LogP contribution in [0.4, 0.5) is 5.69 Å². The molecule has 0 saturated heterocycles. The van der Waals surface area contributed by atoms with Gasteiger partial charge in [-0.15, -0.1) is 0 Å². The monoisotopic (exact) mass is 272 g/mol. The van der Waals surface area contributed by atoms with Crippen molar-refractivity contribution in [3.63, 3.8) is 0 Å². The van der Waals surface area contributed by atoms with Crippen molar-refractivity contribution in [3.8, 4) is 6.07 Å². The first kappa shape index (κ1) is 11.0. The highest BCUT2D eigenvalue weighted by atomic mass is 79.9. The molecule has 1 rings (SSSR count). The standard InChI is InChI=1S/C9H6BrClN2O/c10-3-8(14)9-6(11)1-5(4-12)2-7(9)13/h1-2H,3,13H2. The lowest BCUT2D eigenvalue weighted by Crippen LogP contribution is -2.06. The molecule has 0 aliphatic carbocycles. The van der Waals surface area contributed by atoms with Crippen molar-refractivity contribution < 1.29 is 4.79 Å². The minimum absolute atomic E-state index is 0.156. The fourth-order valence-electron chi connectivity index (χ4n) is 1.05. The number of benzene rings is 1. The SMILES string of the molecule is N#Cc1cc(N)c(C(=O)CBr)c(Cl)c1. The summed E-state index contributed by atoms with van der Waals surface area (Å²) < 4.78 is 0. The van der Waals surface area contributed by atoms with Crippen LogP contribution in [0.3, 0.4) is 0 Å². The zero-order valence-electron chi connectivity index (χ0n) is 7.05. The normalized spacial score (nSPS) is 9.50. The Bertz CT molecular complexity index is 402. The van der Waals surface area contributed by atoms with E-state index in [0.717, 1.165) is 0 Å². The highest BCUT2D eigenvalue weighted by Gasteiger charge is 2.13. The van der Waals surface area contributed by atoms with E-state index in [1.54, 1.807) is 0 Å². The molecule has 1 aromatic carbocycles. The molecule has 3 nitrogen and oxygen atoms in total. The average Bonchev–Trinajstić information content (AvgIpc) is 2.16. The second-order valence-electron chi connectivity index (χ2n) is 2.59. The molecular formula is C9H6BrClN2O. The molecule has 0 radical (unpaired) electrons. The summed E-state index contributed by atoms with van der Waals surface area (Å²) in [4.78, 5) is 11.4. The first-order valence-corrected chi connectivity index (χ1v) is 5.18. The molecule has 0 aliphatic rings. The Labute approximate surface area is 94.6 Å². The number of nitrogens with two attached hydrogens (primary N) is 1. The van der Waals surface area contributed by atoms with Gasteiger partial charge in [0.1, 0.15) is 0 Å². The van der Waals surface area contributed by atoms with Gasteiger partial charge in [-0.3, -0.25) is 4.79 Å². The molecule has 0 aromatic heterocycles. The first-order valence-electron chi connectivity index (χ1n) is 3.68. The first-order chi connectivity index (χ1) is 6.60. The van der Waals surface area contributed by atoms with E-state index in [0.29, 0.717) is 5.56 Å². The van der Waals surface area contributed by atoms with Crippen LogP contribution >= 0.6 is 27.5 Å². The Morgan fingerprint density at radius 1 is 1.64 bits per heavy atom. The molecule has 0 atom stereocenters. The number of Topliss-reactive ketones (excluding diaryl/α,β-unsaturated/α-hetero) is 1. The number of anilines is 1. The van der Waals surface area contributed by atoms with Gasteiger partial charge < -0.3 is 5.73 Å². The predicted molar refractivity (Wildman–Crippen MR) is 58.7 cm³/mol. The van der Waals surface area contributed by atoms with Crippen molar-refractivity contribution in [3.05, 3.63) is 28.3 Å². The molecule has 0 heterocycles. The lowest BCUT2D eigenvalue weighted by atomic mass is 10.1. The van der Waals surface area contributed by atoms with Crippen molar-refractivity contribution in [1.82, 2.24) is 0 Å². The molecule has 0 bridgehead atoms. The molecule has 0 saturated carbocycles. The number of ketones is 1. The Hall–Kier alpha value is -1.05. The molecule has 72 valence electrons. The van der Waals surface area contributed by atoms with E-state index in [9.17, 15) is 4.79 Å². The lowest BCUT2D eigenvalue weighted by Gasteiger charge is -2.05. The fourth-order valence-corrected chi connectivity index (χ4v) is 1.67. The van der Waals surface area contributed by atoms with Crippen LogP contribution in [0, 0.1) is 11.3 Å². The van der Waals surface area contributed by atoms with Crippen molar-refractivity contribution in [2.24, 2.45) is 0 Å². The molecular weight excluding hydrogens is 267 g/mol. The van der Waals surface area contributed by atoms with Gasteiger partial charge in [-0.1, -0.05) is 27.5 Å². The zero-order valence-corrected chi connectivity index (χ0v) is 9.39. The smallest absolute Gasteiger partial charge is 0.176 e. The summed E-state index contributed by atoms with van der Waals surface area (Å²) in [5.74, 6) is -0.197. The number of carbonyl (C=O) groups is 1. The van der Waals surface area contributed by atoms with Crippen molar-refractivity contribution in [1.29, 1.82) is 5.26 Å². The quantitative estimate of drug-likeness (QED) is 0.511. The largest absolute Gasteiger partial charge is 0.398 e. The minimum atomic E-state index is -0.197. The van der Waals surface area contributed by atoms with Gasteiger partial charge in [-0.2, -0.15) is 5.26 Å². The average molecular weight is 274 g/mol. The van der Waals surface area contributed by atoms with Gasteiger partial charge in [-0.25, -0.2) is 0 Å². The number of carbonyl (C=O) groups excluding carboxylic acids is 1. The fraction of sp³-hybridized carbons (Fsp3) is 0.111. The summed E-state index contributed by atoms with van der Waals surface area (Å²) in [6, 6.07) is 4.76. The maximum atomic E-state index is 11.4. The summed E-state index contributed by atoms with van der Waals surface area (Å²) in [6.45, 7) is 0. The molecule has 1 aromatic rings. The number of nitrogens with zero attached hydrogens (tertiary/aromatic N) is 1. The maximum absolute atomic E-state index is 11.4. The van der Waals surface area contributed by atoms with Gasteiger partial charge in [0.2, 0.25) is 0 Å². The third-order valence-electron chi connectivity index (χ3n) is 1.65. The van der Waals surface area contributed by atoms with Crippen molar-refractivity contribution >= 4 is 39.0 Å². The van der Waals surface area contributed by atoms with E-state index in [2.05, 4.69) is 15.9 Å². The number of alkyl halides is 1. The van der Waals surface area contributed by atoms with Gasteiger partial charge in [0, 0.05) is 5.69 Å². The summed E-state index contributed by atoms with van der Waals surface area (Å²) in [5.41, 5.74) is 6.44. The third-order valence-corrected chi connectivity index (χ3v) is 2.46. The van der Waals surface area contributed by atoms with E-state index in [1.807, 2.05) is 6.07 Å². The number of hydrogen-bond donors (Lipinski definition) is 1. The summed E-state index contributed by atoms with van der Waals surface area (Å²) in [7, 11) is 0. The van der Waals surface area contributed by atoms with E-state index >= 15 is 0 Å². The van der Waals surface area contributed by atoms with Crippen molar-refractivity contribution in [2.75, 3.05) is 11.1 Å². The van der Waals surface area contributed by atoms with E-state index in [1.165, 1.54) is 12.1 Å². The summed E-state index contributed by atoms with van der Waals surface area (Å²) in [5, 5.41) is 8.98. The Morgan fingerprint density at radius 2 is 2.29 bits per heavy atom. The molecule has 0 unspecified atom stereocenters. The van der Waals surface area contributed by atoms with Gasteiger partial charge in [0.25, 0.3) is 0 Å². The van der Waals surface area contributed by atoms with Crippen LogP contribution in [0.25, 0.3) is 0 Å². The topological polar surface area (TPSA) is 66.9 Å². The third kappa shape index (κ3) is 2.06. The molecule has 0 fully saturated rings. The van der Waals surface area contributed by atoms with Crippen LogP contribution in [0.1, 0.15) is 15.9 Å². The lowest BCUT2D eigenvalue weighted by molar-refractivity contribution is 0.102. The molecule has 5 heteroatoms. The Kier molecular flexibility index (Phi) is 3.50. The van der Waals surface area contributed by atoms with Crippen LogP contribution in [0.5, 0.6) is 0 Å². The molecule has 14 heavy (non-hydrogen) atoms. The van der Waals surface area contributed by atoms with E-state index in [-0.39, 0.29) is 27.4 Å². The van der Waals surface area contributed by atoms with Crippen LogP contribution in [0.2, 0.25) is 5.02 Å². The van der Waals surface area contributed by atoms with Crippen LogP contribution < -0.4 is 5.73 Å². The van der Waals surface area contributed by atoms with Gasteiger partial charge in [0.05, 0.1) is 27.5 Å². The number of halogens is 2. The minimum Gasteiger partial charge on any atom is -0.398 e. The predicted octanol–water partition coefficient (Wildman–Crippen LogP) is 2.37. The van der Waals surface area contributed by atoms with E-state index < -0.39 is 0 Å². The van der Waals surface area contributed by atoms with Crippen molar-refractivity contribution in [2.45, 2.75) is 0 Å². The Balaban J connectivity index is 3.34. The number of rotatable bonds is 2. The highest BCUT2D eigenvalue weighted by molar-refractivity contribution is 9.09. The molecule has 2 N–H and O–H groups in total. The second-order valence-corrected chi connectivity index (χ2v) is 3.56. The molecule has 0 amide bonds. The number of nitrogen functional groups attached to an aromatic ring is 1.